The van der Waals surface area contributed by atoms with Gasteiger partial charge in [0, 0.05) is 37.7 Å². The number of carbonyl (C=O) groups excluding carboxylic acids is 1. The predicted octanol–water partition coefficient (Wildman–Crippen LogP) is 3.07. The number of rotatable bonds is 6. The molecule has 1 aliphatic rings. The average molecular weight is 403 g/mol. The fraction of sp³-hybridized carbons (Fsp3) is 0.333. The van der Waals surface area contributed by atoms with Crippen molar-refractivity contribution in [1.82, 2.24) is 9.80 Å². The number of hydrogen-bond acceptors (Lipinski definition) is 4. The Hall–Kier alpha value is -2.57. The minimum Gasteiger partial charge on any atom is -0.483 e. The number of nitrogens with zero attached hydrogens (tertiary/aromatic N) is 2. The van der Waals surface area contributed by atoms with Gasteiger partial charge in [0.2, 0.25) is 0 Å². The number of benzene rings is 2. The SMILES string of the molecule is Cc1ccc(OCC(=O)N2CCN(Cc3ccc(Cl)cc3)CC2)c(C(=O)O)c1. The number of carboxylic acid groups (broad SMARTS) is 1. The Kier molecular flexibility index (Phi) is 6.54. The molecule has 1 saturated heterocycles. The van der Waals surface area contributed by atoms with E-state index in [2.05, 4.69) is 4.90 Å². The van der Waals surface area contributed by atoms with E-state index in [9.17, 15) is 14.7 Å². The van der Waals surface area contributed by atoms with Crippen LogP contribution in [0, 0.1) is 6.92 Å². The molecule has 1 heterocycles. The Bertz CT molecular complexity index is 846. The molecular weight excluding hydrogens is 380 g/mol. The molecule has 2 aromatic rings. The van der Waals surface area contributed by atoms with E-state index in [-0.39, 0.29) is 23.8 Å². The normalized spacial score (nSPS) is 14.7. The van der Waals surface area contributed by atoms with Crippen LogP contribution in [-0.2, 0) is 11.3 Å². The molecule has 148 valence electrons. The molecule has 0 saturated carbocycles. The summed E-state index contributed by atoms with van der Waals surface area (Å²) in [4.78, 5) is 27.8. The highest BCUT2D eigenvalue weighted by Gasteiger charge is 2.22. The summed E-state index contributed by atoms with van der Waals surface area (Å²) >= 11 is 5.91. The smallest absolute Gasteiger partial charge is 0.339 e. The van der Waals surface area contributed by atoms with Gasteiger partial charge in [-0.05, 0) is 36.8 Å². The van der Waals surface area contributed by atoms with Crippen molar-refractivity contribution in [1.29, 1.82) is 0 Å². The molecule has 0 radical (unpaired) electrons. The van der Waals surface area contributed by atoms with E-state index in [0.717, 1.165) is 30.2 Å². The largest absolute Gasteiger partial charge is 0.483 e. The third kappa shape index (κ3) is 5.24. The molecule has 0 unspecified atom stereocenters. The molecule has 0 bridgehead atoms. The quantitative estimate of drug-likeness (QED) is 0.804. The number of carboxylic acids is 1. The topological polar surface area (TPSA) is 70.1 Å². The maximum Gasteiger partial charge on any atom is 0.339 e. The van der Waals surface area contributed by atoms with Crippen LogP contribution in [0.4, 0.5) is 0 Å². The lowest BCUT2D eigenvalue weighted by Gasteiger charge is -2.34. The first-order chi connectivity index (χ1) is 13.4. The van der Waals surface area contributed by atoms with Crippen LogP contribution in [0.15, 0.2) is 42.5 Å². The van der Waals surface area contributed by atoms with Crippen LogP contribution in [0.25, 0.3) is 0 Å². The summed E-state index contributed by atoms with van der Waals surface area (Å²) in [6.07, 6.45) is 0. The minimum atomic E-state index is -1.07. The van der Waals surface area contributed by atoms with E-state index in [4.69, 9.17) is 16.3 Å². The first-order valence-electron chi connectivity index (χ1n) is 9.13. The van der Waals surface area contributed by atoms with Crippen LogP contribution in [-0.4, -0.2) is 59.6 Å². The van der Waals surface area contributed by atoms with Gasteiger partial charge in [0.25, 0.3) is 5.91 Å². The van der Waals surface area contributed by atoms with Crippen LogP contribution >= 0.6 is 11.6 Å². The van der Waals surface area contributed by atoms with Gasteiger partial charge in [0.1, 0.15) is 11.3 Å². The Labute approximate surface area is 169 Å². The molecule has 1 amide bonds. The van der Waals surface area contributed by atoms with E-state index in [0.29, 0.717) is 13.1 Å². The molecule has 0 atom stereocenters. The van der Waals surface area contributed by atoms with Gasteiger partial charge in [-0.3, -0.25) is 9.69 Å². The van der Waals surface area contributed by atoms with Crippen molar-refractivity contribution in [2.24, 2.45) is 0 Å². The molecule has 28 heavy (non-hydrogen) atoms. The second-order valence-electron chi connectivity index (χ2n) is 6.88. The zero-order chi connectivity index (χ0) is 20.1. The minimum absolute atomic E-state index is 0.0700. The van der Waals surface area contributed by atoms with Crippen molar-refractivity contribution < 1.29 is 19.4 Å². The molecule has 1 N–H and O–H groups in total. The number of carbonyl (C=O) groups is 2. The van der Waals surface area contributed by atoms with Crippen LogP contribution < -0.4 is 4.74 Å². The van der Waals surface area contributed by atoms with E-state index < -0.39 is 5.97 Å². The van der Waals surface area contributed by atoms with Gasteiger partial charge in [-0.15, -0.1) is 0 Å². The summed E-state index contributed by atoms with van der Waals surface area (Å²) in [6, 6.07) is 12.7. The predicted molar refractivity (Wildman–Crippen MR) is 107 cm³/mol. The highest BCUT2D eigenvalue weighted by molar-refractivity contribution is 6.30. The molecule has 0 aromatic heterocycles. The molecule has 7 heteroatoms. The standard InChI is InChI=1S/C21H23ClN2O4/c1-15-2-7-19(18(12-15)21(26)27)28-14-20(25)24-10-8-23(9-11-24)13-16-3-5-17(22)6-4-16/h2-7,12H,8-11,13-14H2,1H3,(H,26,27). The number of aryl methyl sites for hydroxylation is 1. The molecule has 1 fully saturated rings. The Morgan fingerprint density at radius 2 is 1.75 bits per heavy atom. The summed E-state index contributed by atoms with van der Waals surface area (Å²) in [5, 5.41) is 10.0. The number of aromatic carboxylic acids is 1. The van der Waals surface area contributed by atoms with Gasteiger partial charge in [0.15, 0.2) is 6.61 Å². The first-order valence-corrected chi connectivity index (χ1v) is 9.51. The monoisotopic (exact) mass is 402 g/mol. The Morgan fingerprint density at radius 3 is 2.39 bits per heavy atom. The fourth-order valence-corrected chi connectivity index (χ4v) is 3.30. The third-order valence-corrected chi connectivity index (χ3v) is 5.01. The third-order valence-electron chi connectivity index (χ3n) is 4.76. The van der Waals surface area contributed by atoms with Gasteiger partial charge in [-0.25, -0.2) is 4.79 Å². The number of halogens is 1. The van der Waals surface area contributed by atoms with Crippen molar-refractivity contribution in [2.45, 2.75) is 13.5 Å². The van der Waals surface area contributed by atoms with Crippen LogP contribution in [0.5, 0.6) is 5.75 Å². The first kappa shape index (κ1) is 20.2. The van der Waals surface area contributed by atoms with Crippen molar-refractivity contribution >= 4 is 23.5 Å². The second-order valence-corrected chi connectivity index (χ2v) is 7.31. The van der Waals surface area contributed by atoms with E-state index in [1.807, 2.05) is 31.2 Å². The summed E-state index contributed by atoms with van der Waals surface area (Å²) in [5.74, 6) is -0.988. The lowest BCUT2D eigenvalue weighted by atomic mass is 10.1. The number of hydrogen-bond donors (Lipinski definition) is 1. The molecular formula is C21H23ClN2O4. The van der Waals surface area contributed by atoms with Crippen molar-refractivity contribution in [3.05, 3.63) is 64.2 Å². The molecule has 2 aromatic carbocycles. The molecule has 1 aliphatic heterocycles. The van der Waals surface area contributed by atoms with Gasteiger partial charge in [-0.1, -0.05) is 35.4 Å². The van der Waals surface area contributed by atoms with Gasteiger partial charge >= 0.3 is 5.97 Å². The van der Waals surface area contributed by atoms with Gasteiger partial charge < -0.3 is 14.7 Å². The highest BCUT2D eigenvalue weighted by atomic mass is 35.5. The molecule has 0 spiro atoms. The zero-order valence-electron chi connectivity index (χ0n) is 15.7. The average Bonchev–Trinajstić information content (AvgIpc) is 2.69. The Morgan fingerprint density at radius 1 is 1.07 bits per heavy atom. The van der Waals surface area contributed by atoms with Crippen LogP contribution in [0.1, 0.15) is 21.5 Å². The van der Waals surface area contributed by atoms with Crippen molar-refractivity contribution in [3.8, 4) is 5.75 Å². The van der Waals surface area contributed by atoms with Gasteiger partial charge in [0.05, 0.1) is 0 Å². The fourth-order valence-electron chi connectivity index (χ4n) is 3.17. The number of amides is 1. The summed E-state index contributed by atoms with van der Waals surface area (Å²) in [7, 11) is 0. The van der Waals surface area contributed by atoms with Crippen LogP contribution in [0.3, 0.4) is 0 Å². The maximum atomic E-state index is 12.4. The molecule has 3 rings (SSSR count). The van der Waals surface area contributed by atoms with E-state index in [1.165, 1.54) is 11.6 Å². The second kappa shape index (κ2) is 9.08. The summed E-state index contributed by atoms with van der Waals surface area (Å²) in [6.45, 7) is 5.26. The zero-order valence-corrected chi connectivity index (χ0v) is 16.5. The van der Waals surface area contributed by atoms with Gasteiger partial charge in [-0.2, -0.15) is 0 Å². The number of piperazine rings is 1. The maximum absolute atomic E-state index is 12.4. The van der Waals surface area contributed by atoms with E-state index >= 15 is 0 Å². The van der Waals surface area contributed by atoms with E-state index in [1.54, 1.807) is 17.0 Å². The number of ether oxygens (including phenoxy) is 1. The molecule has 6 nitrogen and oxygen atoms in total. The summed E-state index contributed by atoms with van der Waals surface area (Å²) in [5.41, 5.74) is 2.08. The Balaban J connectivity index is 1.49. The van der Waals surface area contributed by atoms with Crippen molar-refractivity contribution in [3.63, 3.8) is 0 Å². The van der Waals surface area contributed by atoms with Crippen molar-refractivity contribution in [2.75, 3.05) is 32.8 Å². The molecule has 0 aliphatic carbocycles. The highest BCUT2D eigenvalue weighted by Crippen LogP contribution is 2.20. The lowest BCUT2D eigenvalue weighted by molar-refractivity contribution is -0.135. The van der Waals surface area contributed by atoms with Crippen LogP contribution in [0.2, 0.25) is 5.02 Å². The summed E-state index contributed by atoms with van der Waals surface area (Å²) < 4.78 is 5.50. The lowest BCUT2D eigenvalue weighted by Crippen LogP contribution is -2.49.